The van der Waals surface area contributed by atoms with E-state index in [1.807, 2.05) is 0 Å². The fraction of sp³-hybridized carbons (Fsp3) is 0. The molecule has 0 spiro atoms. The van der Waals surface area contributed by atoms with Crippen molar-refractivity contribution >= 4 is 21.6 Å². The molecule has 7 heteroatoms. The number of hydrogen-bond donors (Lipinski definition) is 2. The standard InChI is InChI=1S/C9H9FN2O3S/c1-2-9(13)12-8-4-3-6(5-7(8)10)16(11,14)15/h2-5H,1H2,(H,12,13)(H2,11,14,15). The molecule has 1 rings (SSSR count). The van der Waals surface area contributed by atoms with Gasteiger partial charge in [0.05, 0.1) is 10.6 Å². The third kappa shape index (κ3) is 2.88. The Morgan fingerprint density at radius 2 is 2.12 bits per heavy atom. The van der Waals surface area contributed by atoms with Crippen LogP contribution in [-0.4, -0.2) is 14.3 Å². The van der Waals surface area contributed by atoms with Gasteiger partial charge in [-0.25, -0.2) is 17.9 Å². The molecule has 1 aromatic carbocycles. The maximum absolute atomic E-state index is 13.3. The average molecular weight is 244 g/mol. The molecule has 5 nitrogen and oxygen atoms in total. The second kappa shape index (κ2) is 4.42. The summed E-state index contributed by atoms with van der Waals surface area (Å²) in [6.45, 7) is 3.19. The van der Waals surface area contributed by atoms with Crippen molar-refractivity contribution in [3.05, 3.63) is 36.7 Å². The fourth-order valence-corrected chi connectivity index (χ4v) is 1.48. The van der Waals surface area contributed by atoms with Crippen molar-refractivity contribution in [2.45, 2.75) is 4.90 Å². The van der Waals surface area contributed by atoms with Gasteiger partial charge in [-0.2, -0.15) is 0 Å². The summed E-state index contributed by atoms with van der Waals surface area (Å²) < 4.78 is 35.1. The van der Waals surface area contributed by atoms with E-state index < -0.39 is 21.7 Å². The zero-order valence-corrected chi connectivity index (χ0v) is 8.92. The van der Waals surface area contributed by atoms with E-state index in [0.29, 0.717) is 0 Å². The Hall–Kier alpha value is -1.73. The maximum Gasteiger partial charge on any atom is 0.247 e. The minimum absolute atomic E-state index is 0.141. The van der Waals surface area contributed by atoms with Crippen LogP contribution < -0.4 is 10.5 Å². The number of benzene rings is 1. The first-order valence-corrected chi connectivity index (χ1v) is 5.65. The van der Waals surface area contributed by atoms with Gasteiger partial charge in [-0.05, 0) is 24.3 Å². The van der Waals surface area contributed by atoms with E-state index in [1.165, 1.54) is 0 Å². The van der Waals surface area contributed by atoms with Gasteiger partial charge in [0.2, 0.25) is 15.9 Å². The van der Waals surface area contributed by atoms with Crippen LogP contribution in [0.25, 0.3) is 0 Å². The zero-order chi connectivity index (χ0) is 12.3. The smallest absolute Gasteiger partial charge is 0.247 e. The lowest BCUT2D eigenvalue weighted by Crippen LogP contribution is -2.13. The molecule has 3 N–H and O–H groups in total. The predicted octanol–water partition coefficient (Wildman–Crippen LogP) is 0.598. The summed E-state index contributed by atoms with van der Waals surface area (Å²) >= 11 is 0. The first-order chi connectivity index (χ1) is 7.34. The van der Waals surface area contributed by atoms with Crippen molar-refractivity contribution in [2.75, 3.05) is 5.32 Å². The van der Waals surface area contributed by atoms with Gasteiger partial charge in [-0.3, -0.25) is 4.79 Å². The minimum atomic E-state index is -3.95. The summed E-state index contributed by atoms with van der Waals surface area (Å²) in [6.07, 6.45) is 0.965. The lowest BCUT2D eigenvalue weighted by atomic mass is 10.3. The van der Waals surface area contributed by atoms with Crippen LogP contribution in [-0.2, 0) is 14.8 Å². The number of hydrogen-bond acceptors (Lipinski definition) is 3. The molecular weight excluding hydrogens is 235 g/mol. The highest BCUT2D eigenvalue weighted by atomic mass is 32.2. The summed E-state index contributed by atoms with van der Waals surface area (Å²) in [5.74, 6) is -1.48. The second-order valence-corrected chi connectivity index (χ2v) is 4.44. The van der Waals surface area contributed by atoms with E-state index >= 15 is 0 Å². The summed E-state index contributed by atoms with van der Waals surface area (Å²) in [4.78, 5) is 10.5. The lowest BCUT2D eigenvalue weighted by molar-refractivity contribution is -0.111. The maximum atomic E-state index is 13.3. The van der Waals surface area contributed by atoms with Crippen LogP contribution in [0.4, 0.5) is 10.1 Å². The predicted molar refractivity (Wildman–Crippen MR) is 56.6 cm³/mol. The van der Waals surface area contributed by atoms with E-state index in [0.717, 1.165) is 24.3 Å². The topological polar surface area (TPSA) is 89.3 Å². The Kier molecular flexibility index (Phi) is 3.41. The van der Waals surface area contributed by atoms with Crippen LogP contribution in [0, 0.1) is 5.82 Å². The summed E-state index contributed by atoms with van der Waals surface area (Å²) in [5.41, 5.74) is -0.141. The highest BCUT2D eigenvalue weighted by Crippen LogP contribution is 2.17. The van der Waals surface area contributed by atoms with Gasteiger partial charge >= 0.3 is 0 Å². The largest absolute Gasteiger partial charge is 0.320 e. The number of rotatable bonds is 3. The molecule has 0 saturated heterocycles. The van der Waals surface area contributed by atoms with E-state index in [1.54, 1.807) is 0 Å². The third-order valence-electron chi connectivity index (χ3n) is 1.71. The molecule has 0 unspecified atom stereocenters. The van der Waals surface area contributed by atoms with Crippen molar-refractivity contribution in [1.82, 2.24) is 0 Å². The van der Waals surface area contributed by atoms with Gasteiger partial charge in [-0.1, -0.05) is 6.58 Å². The van der Waals surface area contributed by atoms with E-state index in [9.17, 15) is 17.6 Å². The number of anilines is 1. The Bertz CT molecular complexity index is 540. The number of carbonyl (C=O) groups excluding carboxylic acids is 1. The van der Waals surface area contributed by atoms with Crippen molar-refractivity contribution in [3.8, 4) is 0 Å². The molecular formula is C9H9FN2O3S. The molecule has 0 heterocycles. The van der Waals surface area contributed by atoms with Crippen LogP contribution >= 0.6 is 0 Å². The Morgan fingerprint density at radius 1 is 1.50 bits per heavy atom. The monoisotopic (exact) mass is 244 g/mol. The van der Waals surface area contributed by atoms with Crippen molar-refractivity contribution in [2.24, 2.45) is 5.14 Å². The van der Waals surface area contributed by atoms with Gasteiger partial charge in [-0.15, -0.1) is 0 Å². The molecule has 0 aliphatic carbocycles. The van der Waals surface area contributed by atoms with Crippen LogP contribution in [0.15, 0.2) is 35.7 Å². The Labute approximate surface area is 91.8 Å². The summed E-state index contributed by atoms with van der Waals surface area (Å²) in [7, 11) is -3.95. The number of amides is 1. The first kappa shape index (κ1) is 12.3. The van der Waals surface area contributed by atoms with Crippen LogP contribution in [0.2, 0.25) is 0 Å². The molecule has 0 fully saturated rings. The number of primary sulfonamides is 1. The number of sulfonamides is 1. The normalized spacial score (nSPS) is 10.9. The van der Waals surface area contributed by atoms with Crippen molar-refractivity contribution in [1.29, 1.82) is 0 Å². The Balaban J connectivity index is 3.10. The van der Waals surface area contributed by atoms with Crippen molar-refractivity contribution in [3.63, 3.8) is 0 Å². The van der Waals surface area contributed by atoms with Gasteiger partial charge in [0.1, 0.15) is 5.82 Å². The first-order valence-electron chi connectivity index (χ1n) is 4.10. The van der Waals surface area contributed by atoms with Gasteiger partial charge in [0, 0.05) is 0 Å². The SMILES string of the molecule is C=CC(=O)Nc1ccc(S(N)(=O)=O)cc1F. The van der Waals surface area contributed by atoms with Gasteiger partial charge < -0.3 is 5.32 Å². The molecule has 0 radical (unpaired) electrons. The fourth-order valence-electron chi connectivity index (χ4n) is 0.958. The van der Waals surface area contributed by atoms with E-state index in [4.69, 9.17) is 5.14 Å². The molecule has 16 heavy (non-hydrogen) atoms. The highest BCUT2D eigenvalue weighted by Gasteiger charge is 2.12. The van der Waals surface area contributed by atoms with Gasteiger partial charge in [0.15, 0.2) is 0 Å². The molecule has 0 aromatic heterocycles. The minimum Gasteiger partial charge on any atom is -0.320 e. The molecule has 1 aromatic rings. The molecule has 0 saturated carbocycles. The molecule has 0 aliphatic heterocycles. The lowest BCUT2D eigenvalue weighted by Gasteiger charge is -2.05. The molecule has 86 valence electrons. The van der Waals surface area contributed by atoms with Gasteiger partial charge in [0.25, 0.3) is 0 Å². The number of halogens is 1. The zero-order valence-electron chi connectivity index (χ0n) is 8.10. The van der Waals surface area contributed by atoms with Crippen LogP contribution in [0.3, 0.4) is 0 Å². The summed E-state index contributed by atoms with van der Waals surface area (Å²) in [5, 5.41) is 6.98. The third-order valence-corrected chi connectivity index (χ3v) is 2.62. The number of carbonyl (C=O) groups is 1. The highest BCUT2D eigenvalue weighted by molar-refractivity contribution is 7.89. The number of nitrogens with one attached hydrogen (secondary N) is 1. The van der Waals surface area contributed by atoms with E-state index in [2.05, 4.69) is 11.9 Å². The number of nitrogens with two attached hydrogens (primary N) is 1. The molecule has 0 atom stereocenters. The Morgan fingerprint density at radius 3 is 2.56 bits per heavy atom. The molecule has 0 bridgehead atoms. The second-order valence-electron chi connectivity index (χ2n) is 2.88. The van der Waals surface area contributed by atoms with Crippen LogP contribution in [0.1, 0.15) is 0 Å². The molecule has 0 aliphatic rings. The summed E-state index contributed by atoms with van der Waals surface area (Å²) in [6, 6.07) is 2.93. The average Bonchev–Trinajstić information content (AvgIpc) is 2.19. The van der Waals surface area contributed by atoms with Crippen molar-refractivity contribution < 1.29 is 17.6 Å². The quantitative estimate of drug-likeness (QED) is 0.763. The molecule has 1 amide bonds. The van der Waals surface area contributed by atoms with Crippen LogP contribution in [0.5, 0.6) is 0 Å². The van der Waals surface area contributed by atoms with E-state index in [-0.39, 0.29) is 10.6 Å².